The second-order valence-electron chi connectivity index (χ2n) is 17.1. The van der Waals surface area contributed by atoms with Crippen LogP contribution < -0.4 is 0 Å². The van der Waals surface area contributed by atoms with Crippen molar-refractivity contribution in [1.29, 1.82) is 0 Å². The summed E-state index contributed by atoms with van der Waals surface area (Å²) >= 11 is 1.85. The molecule has 0 unspecified atom stereocenters. The lowest BCUT2D eigenvalue weighted by Gasteiger charge is -2.19. The largest absolute Gasteiger partial charge is 0.308 e. The molecule has 0 saturated carbocycles. The molecule has 0 fully saturated rings. The molecule has 3 aromatic heterocycles. The molecular weight excluding hydrogens is 821 g/mol. The third kappa shape index (κ3) is 5.67. The van der Waals surface area contributed by atoms with Crippen molar-refractivity contribution in [3.8, 4) is 51.0 Å². The third-order valence-electron chi connectivity index (χ3n) is 13.4. The van der Waals surface area contributed by atoms with Crippen molar-refractivity contribution < 1.29 is 0 Å². The predicted octanol–water partition coefficient (Wildman–Crippen LogP) is 16.6. The zero-order chi connectivity index (χ0) is 43.3. The van der Waals surface area contributed by atoms with Crippen molar-refractivity contribution in [2.24, 2.45) is 0 Å². The molecule has 14 rings (SSSR count). The van der Waals surface area contributed by atoms with Gasteiger partial charge in [-0.25, -0.2) is 15.0 Å². The van der Waals surface area contributed by atoms with Crippen LogP contribution in [-0.2, 0) is 0 Å². The second kappa shape index (κ2) is 14.5. The van der Waals surface area contributed by atoms with Crippen LogP contribution in [0.4, 0.5) is 0 Å². The lowest BCUT2D eigenvalue weighted by atomic mass is 9.96. The number of nitrogens with zero attached hydrogens (tertiary/aromatic N) is 4. The SMILES string of the molecule is c1ccc(-c2cccc(-c3nc(-c4ccc5c(ccc6ccccc65)c4)nc(-c4c(-n5c6ccccc6c6cc7ccccc7cc65)c5c6ccccc6sc5c5ccccc45)n3)c2)cc1. The van der Waals surface area contributed by atoms with Gasteiger partial charge in [-0.2, -0.15) is 0 Å². The van der Waals surface area contributed by atoms with E-state index in [4.69, 9.17) is 15.0 Å². The van der Waals surface area contributed by atoms with Crippen molar-refractivity contribution in [2.75, 3.05) is 0 Å². The van der Waals surface area contributed by atoms with Crippen molar-refractivity contribution in [1.82, 2.24) is 19.5 Å². The second-order valence-corrected chi connectivity index (χ2v) is 18.2. The van der Waals surface area contributed by atoms with Gasteiger partial charge in [-0.05, 0) is 85.2 Å². The van der Waals surface area contributed by atoms with Gasteiger partial charge in [-0.1, -0.05) is 182 Å². The highest BCUT2D eigenvalue weighted by Gasteiger charge is 2.27. The number of hydrogen-bond acceptors (Lipinski definition) is 4. The molecule has 0 N–H and O–H groups in total. The van der Waals surface area contributed by atoms with Gasteiger partial charge < -0.3 is 4.57 Å². The molecule has 66 heavy (non-hydrogen) atoms. The molecule has 5 heteroatoms. The molecular formula is C61H36N4S. The average Bonchev–Trinajstić information content (AvgIpc) is 3.93. The molecule has 11 aromatic carbocycles. The molecule has 0 aliphatic carbocycles. The first kappa shape index (κ1) is 36.9. The molecule has 0 amide bonds. The quantitative estimate of drug-likeness (QED) is 0.162. The van der Waals surface area contributed by atoms with Crippen LogP contribution in [0.25, 0.3) is 136 Å². The Balaban J connectivity index is 1.14. The summed E-state index contributed by atoms with van der Waals surface area (Å²) in [5.41, 5.74) is 8.38. The first-order valence-electron chi connectivity index (χ1n) is 22.3. The summed E-state index contributed by atoms with van der Waals surface area (Å²) < 4.78 is 4.98. The van der Waals surface area contributed by atoms with Crippen molar-refractivity contribution in [3.05, 3.63) is 218 Å². The van der Waals surface area contributed by atoms with Gasteiger partial charge >= 0.3 is 0 Å². The monoisotopic (exact) mass is 856 g/mol. The molecule has 306 valence electrons. The zero-order valence-electron chi connectivity index (χ0n) is 35.5. The van der Waals surface area contributed by atoms with Crippen molar-refractivity contribution >= 4 is 96.4 Å². The van der Waals surface area contributed by atoms with Gasteiger partial charge in [0.05, 0.1) is 22.3 Å². The Labute approximate surface area is 383 Å². The summed E-state index contributed by atoms with van der Waals surface area (Å²) in [5.74, 6) is 1.85. The fourth-order valence-corrected chi connectivity index (χ4v) is 11.6. The van der Waals surface area contributed by atoms with Crippen LogP contribution in [-0.4, -0.2) is 19.5 Å². The van der Waals surface area contributed by atoms with E-state index >= 15 is 0 Å². The van der Waals surface area contributed by atoms with Gasteiger partial charge in [0.15, 0.2) is 17.5 Å². The Hall–Kier alpha value is -8.51. The maximum atomic E-state index is 5.62. The van der Waals surface area contributed by atoms with Crippen LogP contribution in [0.3, 0.4) is 0 Å². The van der Waals surface area contributed by atoms with E-state index in [0.29, 0.717) is 17.5 Å². The molecule has 14 aromatic rings. The van der Waals surface area contributed by atoms with Gasteiger partial charge in [0, 0.05) is 47.5 Å². The van der Waals surface area contributed by atoms with Crippen LogP contribution in [0, 0.1) is 0 Å². The lowest BCUT2D eigenvalue weighted by Crippen LogP contribution is -2.05. The number of rotatable bonds is 5. The maximum Gasteiger partial charge on any atom is 0.166 e. The average molecular weight is 857 g/mol. The third-order valence-corrected chi connectivity index (χ3v) is 14.6. The molecule has 3 heterocycles. The minimum Gasteiger partial charge on any atom is -0.308 e. The molecule has 4 nitrogen and oxygen atoms in total. The minimum absolute atomic E-state index is 0.616. The fourth-order valence-electron chi connectivity index (χ4n) is 10.3. The molecule has 0 aliphatic rings. The van der Waals surface area contributed by atoms with E-state index in [-0.39, 0.29) is 0 Å². The highest BCUT2D eigenvalue weighted by molar-refractivity contribution is 7.26. The highest BCUT2D eigenvalue weighted by atomic mass is 32.1. The molecule has 0 saturated heterocycles. The van der Waals surface area contributed by atoms with Gasteiger partial charge in [-0.3, -0.25) is 0 Å². The first-order valence-corrected chi connectivity index (χ1v) is 23.2. The van der Waals surface area contributed by atoms with Crippen LogP contribution in [0.15, 0.2) is 218 Å². The van der Waals surface area contributed by atoms with Crippen LogP contribution in [0.1, 0.15) is 0 Å². The normalized spacial score (nSPS) is 11.9. The van der Waals surface area contributed by atoms with Gasteiger partial charge in [0.2, 0.25) is 0 Å². The number of para-hydroxylation sites is 1. The summed E-state index contributed by atoms with van der Waals surface area (Å²) in [6.07, 6.45) is 0. The maximum absolute atomic E-state index is 5.62. The summed E-state index contributed by atoms with van der Waals surface area (Å²) in [5, 5.41) is 14.2. The molecule has 0 atom stereocenters. The van der Waals surface area contributed by atoms with Crippen LogP contribution in [0.2, 0.25) is 0 Å². The Bertz CT molecular complexity index is 4300. The summed E-state index contributed by atoms with van der Waals surface area (Å²) in [6, 6.07) is 78.6. The number of hydrogen-bond donors (Lipinski definition) is 0. The number of thiophene rings is 1. The number of aromatic nitrogens is 4. The van der Waals surface area contributed by atoms with E-state index < -0.39 is 0 Å². The lowest BCUT2D eigenvalue weighted by molar-refractivity contribution is 1.07. The minimum atomic E-state index is 0.616. The Morgan fingerprint density at radius 2 is 0.909 bits per heavy atom. The Kier molecular flexibility index (Phi) is 8.12. The molecule has 0 spiro atoms. The number of benzene rings is 11. The van der Waals surface area contributed by atoms with Crippen molar-refractivity contribution in [3.63, 3.8) is 0 Å². The standard InChI is InChI=1S/C61H36N4S/c1-2-15-37(16-3-1)39-20-14-21-43(33-39)59-62-60(44-31-32-46-42(34-44)30-29-38-17-6-7-22-45(38)46)64-61(63-59)56-48-24-8-9-25-49(48)58-55(50-26-11-13-28-54(50)66-58)57(56)65-52-27-12-10-23-47(52)51-35-40-18-4-5-19-41(40)36-53(51)65/h1-36H. The van der Waals surface area contributed by atoms with Gasteiger partial charge in [0.1, 0.15) is 0 Å². The summed E-state index contributed by atoms with van der Waals surface area (Å²) in [6.45, 7) is 0. The number of fused-ring (bicyclic) bond motifs is 12. The fraction of sp³-hybridized carbons (Fsp3) is 0. The summed E-state index contributed by atoms with van der Waals surface area (Å²) in [7, 11) is 0. The van der Waals surface area contributed by atoms with E-state index in [1.165, 1.54) is 63.3 Å². The van der Waals surface area contributed by atoms with Gasteiger partial charge in [-0.15, -0.1) is 11.3 Å². The predicted molar refractivity (Wildman–Crippen MR) is 279 cm³/mol. The Morgan fingerprint density at radius 1 is 0.318 bits per heavy atom. The summed E-state index contributed by atoms with van der Waals surface area (Å²) in [4.78, 5) is 16.6. The first-order chi connectivity index (χ1) is 32.7. The topological polar surface area (TPSA) is 43.6 Å². The van der Waals surface area contributed by atoms with Crippen molar-refractivity contribution in [2.45, 2.75) is 0 Å². The Morgan fingerprint density at radius 3 is 1.74 bits per heavy atom. The zero-order valence-corrected chi connectivity index (χ0v) is 36.3. The smallest absolute Gasteiger partial charge is 0.166 e. The van der Waals surface area contributed by atoms with Crippen LogP contribution >= 0.6 is 11.3 Å². The molecule has 0 aliphatic heterocycles. The molecule has 0 bridgehead atoms. The van der Waals surface area contributed by atoms with E-state index in [1.54, 1.807) is 0 Å². The van der Waals surface area contributed by atoms with Gasteiger partial charge in [0.25, 0.3) is 0 Å². The van der Waals surface area contributed by atoms with E-state index in [2.05, 4.69) is 223 Å². The van der Waals surface area contributed by atoms with E-state index in [1.807, 2.05) is 11.3 Å². The van der Waals surface area contributed by atoms with E-state index in [0.717, 1.165) is 55.3 Å². The van der Waals surface area contributed by atoms with Crippen LogP contribution in [0.5, 0.6) is 0 Å². The highest BCUT2D eigenvalue weighted by Crippen LogP contribution is 2.50. The molecule has 0 radical (unpaired) electrons. The van der Waals surface area contributed by atoms with E-state index in [9.17, 15) is 0 Å².